The van der Waals surface area contributed by atoms with E-state index in [1.807, 2.05) is 30.3 Å². The number of guanidine groups is 1. The van der Waals surface area contributed by atoms with Crippen molar-refractivity contribution in [1.29, 1.82) is 0 Å². The number of para-hydroxylation sites is 1. The lowest BCUT2D eigenvalue weighted by molar-refractivity contribution is -0.153. The first kappa shape index (κ1) is 25.7. The zero-order valence-corrected chi connectivity index (χ0v) is 19.0. The van der Waals surface area contributed by atoms with Crippen molar-refractivity contribution in [1.82, 2.24) is 10.6 Å². The van der Waals surface area contributed by atoms with Crippen molar-refractivity contribution in [3.05, 3.63) is 54.1 Å². The van der Waals surface area contributed by atoms with Gasteiger partial charge in [0.05, 0.1) is 13.7 Å². The molecule has 0 spiro atoms. The van der Waals surface area contributed by atoms with Gasteiger partial charge in [-0.25, -0.2) is 0 Å². The number of rotatable bonds is 9. The van der Waals surface area contributed by atoms with Crippen molar-refractivity contribution >= 4 is 29.9 Å². The number of methoxy groups -OCH3 is 1. The molecule has 0 radical (unpaired) electrons. The minimum absolute atomic E-state index is 0. The molecule has 0 bridgehead atoms. The van der Waals surface area contributed by atoms with Crippen molar-refractivity contribution in [2.75, 3.05) is 33.9 Å². The van der Waals surface area contributed by atoms with E-state index in [4.69, 9.17) is 14.2 Å². The number of aliphatic imine (C=N–C) groups is 1. The van der Waals surface area contributed by atoms with Crippen molar-refractivity contribution in [3.63, 3.8) is 0 Å². The van der Waals surface area contributed by atoms with Gasteiger partial charge in [0.15, 0.2) is 24.1 Å². The fourth-order valence-corrected chi connectivity index (χ4v) is 2.36. The summed E-state index contributed by atoms with van der Waals surface area (Å²) in [6.45, 7) is 0.0313. The first-order valence-corrected chi connectivity index (χ1v) is 8.90. The van der Waals surface area contributed by atoms with Gasteiger partial charge in [-0.15, -0.1) is 24.0 Å². The van der Waals surface area contributed by atoms with Crippen LogP contribution < -0.4 is 24.8 Å². The summed E-state index contributed by atoms with van der Waals surface area (Å²) in [4.78, 5) is 4.12. The van der Waals surface area contributed by atoms with Gasteiger partial charge in [0.1, 0.15) is 12.4 Å². The number of nitrogens with one attached hydrogen (secondary N) is 2. The van der Waals surface area contributed by atoms with Crippen LogP contribution in [0.5, 0.6) is 17.2 Å². The van der Waals surface area contributed by atoms with E-state index in [9.17, 15) is 13.2 Å². The summed E-state index contributed by atoms with van der Waals surface area (Å²) >= 11 is 0. The number of nitrogens with zero attached hydrogens (tertiary/aromatic N) is 1. The first-order valence-electron chi connectivity index (χ1n) is 8.90. The molecular formula is C20H25F3IN3O3. The summed E-state index contributed by atoms with van der Waals surface area (Å²) in [5, 5.41) is 6.24. The van der Waals surface area contributed by atoms with E-state index in [1.54, 1.807) is 19.2 Å². The summed E-state index contributed by atoms with van der Waals surface area (Å²) in [6, 6.07) is 14.2. The lowest BCUT2D eigenvalue weighted by atomic mass is 10.2. The zero-order chi connectivity index (χ0) is 21.1. The Morgan fingerprint density at radius 2 is 1.73 bits per heavy atom. The fraction of sp³-hybridized carbons (Fsp3) is 0.350. The van der Waals surface area contributed by atoms with Gasteiger partial charge in [0.2, 0.25) is 0 Å². The Labute approximate surface area is 190 Å². The molecule has 0 aromatic heterocycles. The summed E-state index contributed by atoms with van der Waals surface area (Å²) in [5.41, 5.74) is 0.796. The molecule has 2 rings (SSSR count). The number of ether oxygens (including phenoxy) is 3. The molecule has 10 heteroatoms. The average Bonchev–Trinajstić information content (AvgIpc) is 2.72. The molecule has 0 aliphatic heterocycles. The highest BCUT2D eigenvalue weighted by Crippen LogP contribution is 2.29. The highest BCUT2D eigenvalue weighted by Gasteiger charge is 2.29. The van der Waals surface area contributed by atoms with Gasteiger partial charge in [-0.1, -0.05) is 24.3 Å². The second-order valence-electron chi connectivity index (χ2n) is 5.90. The molecule has 0 saturated heterocycles. The van der Waals surface area contributed by atoms with E-state index in [0.29, 0.717) is 25.7 Å². The second kappa shape index (κ2) is 13.0. The van der Waals surface area contributed by atoms with Crippen molar-refractivity contribution < 1.29 is 27.4 Å². The van der Waals surface area contributed by atoms with Gasteiger partial charge in [-0.2, -0.15) is 13.2 Å². The normalized spacial score (nSPS) is 11.3. The summed E-state index contributed by atoms with van der Waals surface area (Å²) < 4.78 is 52.5. The molecule has 6 nitrogen and oxygen atoms in total. The van der Waals surface area contributed by atoms with Crippen molar-refractivity contribution in [2.45, 2.75) is 12.7 Å². The maximum absolute atomic E-state index is 12.3. The number of hydrogen-bond donors (Lipinski definition) is 2. The van der Waals surface area contributed by atoms with Gasteiger partial charge in [-0.05, 0) is 29.8 Å². The lowest BCUT2D eigenvalue weighted by Gasteiger charge is -2.15. The molecule has 2 aromatic rings. The van der Waals surface area contributed by atoms with Gasteiger partial charge in [-0.3, -0.25) is 4.99 Å². The third-order valence-electron chi connectivity index (χ3n) is 3.71. The average molecular weight is 539 g/mol. The first-order chi connectivity index (χ1) is 13.9. The Hall–Kier alpha value is -2.37. The van der Waals surface area contributed by atoms with Crippen molar-refractivity contribution in [2.24, 2.45) is 4.99 Å². The van der Waals surface area contributed by atoms with Crippen LogP contribution in [0.25, 0.3) is 0 Å². The molecular weight excluding hydrogens is 514 g/mol. The molecule has 0 aliphatic rings. The van der Waals surface area contributed by atoms with Crippen LogP contribution in [-0.4, -0.2) is 46.1 Å². The molecule has 0 unspecified atom stereocenters. The SMILES string of the molecule is CN=C(NCCOc1ccccc1)NCc1ccc(OCC(F)(F)F)c(OC)c1.I. The van der Waals surface area contributed by atoms with Crippen LogP contribution in [0.15, 0.2) is 53.5 Å². The minimum atomic E-state index is -4.41. The highest BCUT2D eigenvalue weighted by atomic mass is 127. The quantitative estimate of drug-likeness (QED) is 0.219. The van der Waals surface area contributed by atoms with Gasteiger partial charge >= 0.3 is 6.18 Å². The maximum Gasteiger partial charge on any atom is 0.422 e. The van der Waals surface area contributed by atoms with Crippen LogP contribution in [0, 0.1) is 0 Å². The van der Waals surface area contributed by atoms with Crippen LogP contribution in [0.4, 0.5) is 13.2 Å². The minimum Gasteiger partial charge on any atom is -0.493 e. The van der Waals surface area contributed by atoms with Gasteiger partial charge in [0, 0.05) is 13.6 Å². The smallest absolute Gasteiger partial charge is 0.422 e. The Kier molecular flexibility index (Phi) is 11.2. The third kappa shape index (κ3) is 9.42. The molecule has 0 fully saturated rings. The largest absolute Gasteiger partial charge is 0.493 e. The zero-order valence-electron chi connectivity index (χ0n) is 16.7. The monoisotopic (exact) mass is 539 g/mol. The molecule has 0 atom stereocenters. The molecule has 0 saturated carbocycles. The maximum atomic E-state index is 12.3. The third-order valence-corrected chi connectivity index (χ3v) is 3.71. The summed E-state index contributed by atoms with van der Waals surface area (Å²) in [6.07, 6.45) is -4.41. The molecule has 0 amide bonds. The molecule has 30 heavy (non-hydrogen) atoms. The van der Waals surface area contributed by atoms with E-state index in [0.717, 1.165) is 11.3 Å². The molecule has 2 aromatic carbocycles. The summed E-state index contributed by atoms with van der Waals surface area (Å²) in [7, 11) is 3.02. The van der Waals surface area contributed by atoms with Crippen LogP contribution in [0.3, 0.4) is 0 Å². The molecule has 0 aliphatic carbocycles. The van der Waals surface area contributed by atoms with E-state index in [1.165, 1.54) is 13.2 Å². The van der Waals surface area contributed by atoms with Crippen molar-refractivity contribution in [3.8, 4) is 17.2 Å². The summed E-state index contributed by atoms with van der Waals surface area (Å²) in [5.74, 6) is 1.62. The van der Waals surface area contributed by atoms with E-state index < -0.39 is 12.8 Å². The topological polar surface area (TPSA) is 64.1 Å². The number of halogens is 4. The molecule has 2 N–H and O–H groups in total. The Bertz CT molecular complexity index is 790. The Morgan fingerprint density at radius 3 is 2.37 bits per heavy atom. The Balaban J connectivity index is 0.00000450. The van der Waals surface area contributed by atoms with Crippen LogP contribution in [0.2, 0.25) is 0 Å². The molecule has 166 valence electrons. The second-order valence-corrected chi connectivity index (χ2v) is 5.90. The van der Waals surface area contributed by atoms with E-state index in [2.05, 4.69) is 15.6 Å². The lowest BCUT2D eigenvalue weighted by Crippen LogP contribution is -2.38. The fourth-order valence-electron chi connectivity index (χ4n) is 2.36. The number of alkyl halides is 3. The van der Waals surface area contributed by atoms with Crippen LogP contribution in [0.1, 0.15) is 5.56 Å². The molecule has 0 heterocycles. The highest BCUT2D eigenvalue weighted by molar-refractivity contribution is 14.0. The van der Waals surface area contributed by atoms with Crippen LogP contribution >= 0.6 is 24.0 Å². The number of benzene rings is 2. The standard InChI is InChI=1S/C20H24F3N3O3.HI/c1-24-19(25-10-11-28-16-6-4-3-5-7-16)26-13-15-8-9-17(18(12-15)27-2)29-14-20(21,22)23;/h3-9,12H,10-11,13-14H2,1-2H3,(H2,24,25,26);1H. The number of hydrogen-bond acceptors (Lipinski definition) is 4. The predicted molar refractivity (Wildman–Crippen MR) is 120 cm³/mol. The predicted octanol–water partition coefficient (Wildman–Crippen LogP) is 4.00. The van der Waals surface area contributed by atoms with Gasteiger partial charge < -0.3 is 24.8 Å². The Morgan fingerprint density at radius 1 is 1.00 bits per heavy atom. The van der Waals surface area contributed by atoms with E-state index >= 15 is 0 Å². The van der Waals surface area contributed by atoms with E-state index in [-0.39, 0.29) is 35.5 Å². The van der Waals surface area contributed by atoms with Gasteiger partial charge in [0.25, 0.3) is 0 Å². The van der Waals surface area contributed by atoms with Crippen LogP contribution in [-0.2, 0) is 6.54 Å².